The van der Waals surface area contributed by atoms with Crippen LogP contribution in [0, 0.1) is 0 Å². The Kier molecular flexibility index (Phi) is 3.33. The summed E-state index contributed by atoms with van der Waals surface area (Å²) in [5.41, 5.74) is 1.94. The van der Waals surface area contributed by atoms with E-state index in [0.29, 0.717) is 10.6 Å². The lowest BCUT2D eigenvalue weighted by Gasteiger charge is -2.26. The summed E-state index contributed by atoms with van der Waals surface area (Å²) in [5.74, 6) is 0. The van der Waals surface area contributed by atoms with E-state index < -0.39 is 10.0 Å². The smallest absolute Gasteiger partial charge is 0.269 e. The Balaban J connectivity index is 1.91. The fraction of sp³-hybridized carbons (Fsp3) is 0.125. The van der Waals surface area contributed by atoms with E-state index >= 15 is 0 Å². The van der Waals surface area contributed by atoms with Gasteiger partial charge in [0.25, 0.3) is 10.0 Å². The molecular weight excluding hydrogens is 344 g/mol. The van der Waals surface area contributed by atoms with Crippen LogP contribution in [0.3, 0.4) is 0 Å². The van der Waals surface area contributed by atoms with Crippen molar-refractivity contribution in [1.82, 2.24) is 8.96 Å². The molecule has 1 aliphatic rings. The normalized spacial score (nSPS) is 17.2. The number of hydrogen-bond acceptors (Lipinski definition) is 5. The van der Waals surface area contributed by atoms with Gasteiger partial charge < -0.3 is 10.6 Å². The molecule has 0 saturated carbocycles. The highest BCUT2D eigenvalue weighted by molar-refractivity contribution is 7.90. The molecule has 3 aromatic rings. The Morgan fingerprint density at radius 3 is 2.71 bits per heavy atom. The first-order chi connectivity index (χ1) is 11.5. The summed E-state index contributed by atoms with van der Waals surface area (Å²) >= 11 is 5.25. The van der Waals surface area contributed by atoms with Crippen molar-refractivity contribution in [2.75, 3.05) is 10.6 Å². The predicted octanol–water partition coefficient (Wildman–Crippen LogP) is 2.83. The molecule has 2 aromatic heterocycles. The van der Waals surface area contributed by atoms with Gasteiger partial charge in [0, 0.05) is 11.6 Å². The number of rotatable bonds is 2. The van der Waals surface area contributed by atoms with Crippen molar-refractivity contribution in [3.8, 4) is 0 Å². The molecule has 0 radical (unpaired) electrons. The quantitative estimate of drug-likeness (QED) is 0.686. The summed E-state index contributed by atoms with van der Waals surface area (Å²) in [4.78, 5) is 5.23. The second-order valence-corrected chi connectivity index (χ2v) is 7.82. The second kappa shape index (κ2) is 5.29. The zero-order valence-corrected chi connectivity index (χ0v) is 14.4. The summed E-state index contributed by atoms with van der Waals surface area (Å²) in [6.45, 7) is 1.95. The summed E-state index contributed by atoms with van der Waals surface area (Å²) in [7, 11) is -3.69. The topological polar surface area (TPSA) is 76.0 Å². The average Bonchev–Trinajstić information content (AvgIpc) is 3.02. The van der Waals surface area contributed by atoms with Gasteiger partial charge in [-0.05, 0) is 25.1 Å². The maximum atomic E-state index is 12.9. The molecule has 3 heterocycles. The Hall–Kier alpha value is -2.45. The molecule has 0 spiro atoms. The molecule has 0 fully saturated rings. The molecule has 2 N–H and O–H groups in total. The van der Waals surface area contributed by atoms with E-state index in [2.05, 4.69) is 15.6 Å². The molecule has 24 heavy (non-hydrogen) atoms. The van der Waals surface area contributed by atoms with Crippen LogP contribution in [-0.2, 0) is 10.0 Å². The fourth-order valence-corrected chi connectivity index (χ4v) is 4.23. The van der Waals surface area contributed by atoms with Crippen LogP contribution in [-0.4, -0.2) is 28.4 Å². The third-order valence-electron chi connectivity index (χ3n) is 3.99. The van der Waals surface area contributed by atoms with Crippen molar-refractivity contribution < 1.29 is 8.42 Å². The van der Waals surface area contributed by atoms with Crippen LogP contribution in [0.2, 0.25) is 0 Å². The standard InChI is InChI=1S/C16H14N4O2S2/c1-10-16(23)19-13-9-17-15-12(14(13)18-10)7-8-20(15)24(21,22)11-5-3-2-4-6-11/h2-10,18H,1H3,(H,19,23). The molecule has 122 valence electrons. The first-order valence-electron chi connectivity index (χ1n) is 7.36. The number of fused-ring (bicyclic) bond motifs is 3. The van der Waals surface area contributed by atoms with Crippen LogP contribution in [0.5, 0.6) is 0 Å². The molecule has 0 bridgehead atoms. The third kappa shape index (κ3) is 2.18. The van der Waals surface area contributed by atoms with Gasteiger partial charge in [0.2, 0.25) is 0 Å². The molecule has 4 rings (SSSR count). The van der Waals surface area contributed by atoms with Gasteiger partial charge in [0.15, 0.2) is 5.65 Å². The number of aromatic nitrogens is 2. The van der Waals surface area contributed by atoms with E-state index in [1.807, 2.05) is 6.92 Å². The van der Waals surface area contributed by atoms with Gasteiger partial charge in [-0.1, -0.05) is 30.4 Å². The molecule has 6 nitrogen and oxygen atoms in total. The number of hydrogen-bond donors (Lipinski definition) is 2. The number of pyridine rings is 1. The minimum atomic E-state index is -3.69. The van der Waals surface area contributed by atoms with Crippen LogP contribution < -0.4 is 10.6 Å². The Labute approximate surface area is 144 Å². The van der Waals surface area contributed by atoms with Crippen molar-refractivity contribution >= 4 is 49.6 Å². The highest BCUT2D eigenvalue weighted by atomic mass is 32.2. The van der Waals surface area contributed by atoms with Crippen LogP contribution in [0.4, 0.5) is 11.4 Å². The number of anilines is 2. The van der Waals surface area contributed by atoms with Crippen molar-refractivity contribution in [2.24, 2.45) is 0 Å². The second-order valence-electron chi connectivity index (χ2n) is 5.57. The first kappa shape index (κ1) is 15.1. The van der Waals surface area contributed by atoms with Gasteiger partial charge in [0.05, 0.1) is 28.5 Å². The van der Waals surface area contributed by atoms with Gasteiger partial charge in [-0.25, -0.2) is 17.4 Å². The molecule has 8 heteroatoms. The van der Waals surface area contributed by atoms with Crippen LogP contribution in [0.1, 0.15) is 6.92 Å². The minimum Gasteiger partial charge on any atom is -0.374 e. The maximum Gasteiger partial charge on any atom is 0.269 e. The van der Waals surface area contributed by atoms with E-state index in [0.717, 1.165) is 16.8 Å². The molecule has 1 atom stereocenters. The van der Waals surface area contributed by atoms with Crippen LogP contribution in [0.15, 0.2) is 53.7 Å². The van der Waals surface area contributed by atoms with Gasteiger partial charge >= 0.3 is 0 Å². The fourth-order valence-electron chi connectivity index (χ4n) is 2.74. The molecule has 1 unspecified atom stereocenters. The van der Waals surface area contributed by atoms with E-state index in [-0.39, 0.29) is 10.9 Å². The van der Waals surface area contributed by atoms with Crippen LogP contribution >= 0.6 is 12.2 Å². The molecule has 1 aromatic carbocycles. The Morgan fingerprint density at radius 2 is 1.96 bits per heavy atom. The summed E-state index contributed by atoms with van der Waals surface area (Å²) in [5, 5.41) is 7.16. The summed E-state index contributed by atoms with van der Waals surface area (Å²) in [6.07, 6.45) is 3.12. The van der Waals surface area contributed by atoms with E-state index in [1.54, 1.807) is 42.6 Å². The monoisotopic (exact) mass is 358 g/mol. The molecule has 1 aliphatic heterocycles. The van der Waals surface area contributed by atoms with E-state index in [9.17, 15) is 8.42 Å². The van der Waals surface area contributed by atoms with Gasteiger partial charge in [-0.2, -0.15) is 0 Å². The van der Waals surface area contributed by atoms with Crippen LogP contribution in [0.25, 0.3) is 11.0 Å². The predicted molar refractivity (Wildman–Crippen MR) is 98.1 cm³/mol. The van der Waals surface area contributed by atoms with Crippen molar-refractivity contribution in [3.63, 3.8) is 0 Å². The van der Waals surface area contributed by atoms with Crippen molar-refractivity contribution in [1.29, 1.82) is 0 Å². The lowest BCUT2D eigenvalue weighted by atomic mass is 10.1. The summed E-state index contributed by atoms with van der Waals surface area (Å²) in [6, 6.07) is 10.0. The zero-order valence-electron chi connectivity index (χ0n) is 12.7. The lowest BCUT2D eigenvalue weighted by molar-refractivity contribution is 0.589. The van der Waals surface area contributed by atoms with Gasteiger partial charge in [-0.3, -0.25) is 0 Å². The maximum absolute atomic E-state index is 12.9. The Bertz CT molecular complexity index is 1060. The van der Waals surface area contributed by atoms with Crippen molar-refractivity contribution in [3.05, 3.63) is 48.8 Å². The summed E-state index contributed by atoms with van der Waals surface area (Å²) < 4.78 is 26.9. The number of benzene rings is 1. The highest BCUT2D eigenvalue weighted by Gasteiger charge is 2.25. The van der Waals surface area contributed by atoms with Crippen molar-refractivity contribution in [2.45, 2.75) is 17.9 Å². The zero-order chi connectivity index (χ0) is 16.9. The lowest BCUT2D eigenvalue weighted by Crippen LogP contribution is -2.35. The number of thiocarbonyl (C=S) groups is 1. The SMILES string of the molecule is CC1Nc2c(cnc3c2ccn3S(=O)(=O)c2ccccc2)NC1=S. The molecular formula is C16H14N4O2S2. The highest BCUT2D eigenvalue weighted by Crippen LogP contribution is 2.35. The molecule has 0 aliphatic carbocycles. The molecule has 0 saturated heterocycles. The minimum absolute atomic E-state index is 0.0350. The first-order valence-corrected chi connectivity index (χ1v) is 9.21. The third-order valence-corrected chi connectivity index (χ3v) is 6.13. The number of nitrogens with zero attached hydrogens (tertiary/aromatic N) is 2. The Morgan fingerprint density at radius 1 is 1.21 bits per heavy atom. The number of nitrogens with one attached hydrogen (secondary N) is 2. The van der Waals surface area contributed by atoms with E-state index in [4.69, 9.17) is 12.2 Å². The largest absolute Gasteiger partial charge is 0.374 e. The average molecular weight is 358 g/mol. The molecule has 0 amide bonds. The van der Waals surface area contributed by atoms with Gasteiger partial charge in [0.1, 0.15) is 4.99 Å². The van der Waals surface area contributed by atoms with E-state index in [1.165, 1.54) is 10.2 Å². The van der Waals surface area contributed by atoms with Gasteiger partial charge in [-0.15, -0.1) is 0 Å².